The van der Waals surface area contributed by atoms with Crippen LogP contribution in [0.15, 0.2) is 35.1 Å². The van der Waals surface area contributed by atoms with Crippen LogP contribution in [0.2, 0.25) is 5.02 Å². The summed E-state index contributed by atoms with van der Waals surface area (Å²) in [6.45, 7) is 1.94. The van der Waals surface area contributed by atoms with Crippen molar-refractivity contribution in [3.8, 4) is 11.6 Å². The maximum absolute atomic E-state index is 11.8. The van der Waals surface area contributed by atoms with Gasteiger partial charge in [0.05, 0.1) is 11.3 Å². The number of aromatic amines is 1. The Morgan fingerprint density at radius 1 is 1.40 bits per heavy atom. The number of halogens is 1. The first-order valence-electron chi connectivity index (χ1n) is 6.05. The molecular weight excluding hydrogens is 296 g/mol. The van der Waals surface area contributed by atoms with Gasteiger partial charge < -0.3 is 5.11 Å². The molecular formula is C14H13ClN2O2S. The second-order valence-electron chi connectivity index (χ2n) is 4.12. The molecule has 0 unspecified atom stereocenters. The Labute approximate surface area is 126 Å². The van der Waals surface area contributed by atoms with Crippen LogP contribution >= 0.6 is 23.8 Å². The third kappa shape index (κ3) is 2.84. The van der Waals surface area contributed by atoms with Gasteiger partial charge in [0, 0.05) is 5.02 Å². The molecule has 2 aromatic rings. The molecule has 0 saturated carbocycles. The number of benzene rings is 1. The second kappa shape index (κ2) is 6.07. The van der Waals surface area contributed by atoms with E-state index in [0.29, 0.717) is 10.7 Å². The molecule has 0 aliphatic carbocycles. The Morgan fingerprint density at radius 3 is 2.65 bits per heavy atom. The van der Waals surface area contributed by atoms with Crippen molar-refractivity contribution in [2.45, 2.75) is 13.3 Å². The van der Waals surface area contributed by atoms with E-state index in [2.05, 4.69) is 4.98 Å². The van der Waals surface area contributed by atoms with Crippen LogP contribution in [0.3, 0.4) is 0 Å². The molecule has 2 N–H and O–H groups in total. The molecule has 0 bridgehead atoms. The van der Waals surface area contributed by atoms with Gasteiger partial charge in [-0.1, -0.05) is 24.6 Å². The topological polar surface area (TPSA) is 58.0 Å². The highest BCUT2D eigenvalue weighted by Gasteiger charge is 2.11. The van der Waals surface area contributed by atoms with Gasteiger partial charge >= 0.3 is 0 Å². The molecule has 1 heterocycles. The van der Waals surface area contributed by atoms with Crippen LogP contribution in [0.1, 0.15) is 18.9 Å². The minimum Gasteiger partial charge on any atom is -0.494 e. The highest BCUT2D eigenvalue weighted by molar-refractivity contribution is 7.71. The lowest BCUT2D eigenvalue weighted by Gasteiger charge is -2.11. The summed E-state index contributed by atoms with van der Waals surface area (Å²) < 4.78 is 1.52. The Hall–Kier alpha value is -1.85. The van der Waals surface area contributed by atoms with E-state index >= 15 is 0 Å². The van der Waals surface area contributed by atoms with Gasteiger partial charge in [0.1, 0.15) is 0 Å². The van der Waals surface area contributed by atoms with Gasteiger partial charge in [0.25, 0.3) is 5.56 Å². The molecule has 1 aromatic heterocycles. The molecule has 104 valence electrons. The minimum absolute atomic E-state index is 0.128. The summed E-state index contributed by atoms with van der Waals surface area (Å²) in [6, 6.07) is 6.79. The van der Waals surface area contributed by atoms with Crippen LogP contribution in [0.25, 0.3) is 11.8 Å². The Morgan fingerprint density at radius 2 is 2.05 bits per heavy atom. The standard InChI is InChI=1S/C14H13ClN2O2S/c1-2-3-4-11-12(18)16-14(20)17(13(11)19)10-7-5-9(15)6-8-10/h3-8,19H,2H2,1H3,(H,16,18,20). The number of aromatic nitrogens is 2. The molecule has 0 saturated heterocycles. The Bertz CT molecular complexity index is 760. The molecule has 0 radical (unpaired) electrons. The van der Waals surface area contributed by atoms with Crippen molar-refractivity contribution in [1.82, 2.24) is 9.55 Å². The molecule has 1 aromatic carbocycles. The van der Waals surface area contributed by atoms with E-state index in [0.717, 1.165) is 6.42 Å². The average molecular weight is 309 g/mol. The molecule has 0 fully saturated rings. The van der Waals surface area contributed by atoms with Crippen molar-refractivity contribution in [2.24, 2.45) is 0 Å². The van der Waals surface area contributed by atoms with Crippen LogP contribution in [0.5, 0.6) is 5.88 Å². The fourth-order valence-corrected chi connectivity index (χ4v) is 2.16. The number of nitrogens with one attached hydrogen (secondary N) is 1. The molecule has 0 amide bonds. The molecule has 4 nitrogen and oxygen atoms in total. The van der Waals surface area contributed by atoms with E-state index in [1.165, 1.54) is 4.57 Å². The zero-order chi connectivity index (χ0) is 14.7. The molecule has 0 aliphatic heterocycles. The lowest BCUT2D eigenvalue weighted by atomic mass is 10.2. The summed E-state index contributed by atoms with van der Waals surface area (Å²) >= 11 is 10.9. The van der Waals surface area contributed by atoms with Gasteiger partial charge in [-0.15, -0.1) is 0 Å². The van der Waals surface area contributed by atoms with Crippen molar-refractivity contribution < 1.29 is 5.11 Å². The maximum Gasteiger partial charge on any atom is 0.262 e. The van der Waals surface area contributed by atoms with Crippen molar-refractivity contribution in [3.05, 3.63) is 56.1 Å². The lowest BCUT2D eigenvalue weighted by Crippen LogP contribution is -2.15. The van der Waals surface area contributed by atoms with Gasteiger partial charge in [-0.05, 0) is 49.0 Å². The Balaban J connectivity index is 2.70. The number of allylic oxidation sites excluding steroid dienone is 1. The highest BCUT2D eigenvalue weighted by atomic mass is 35.5. The zero-order valence-corrected chi connectivity index (χ0v) is 12.3. The normalized spacial score (nSPS) is 11.1. The van der Waals surface area contributed by atoms with Gasteiger partial charge in [-0.2, -0.15) is 0 Å². The molecule has 20 heavy (non-hydrogen) atoms. The largest absolute Gasteiger partial charge is 0.494 e. The predicted molar refractivity (Wildman–Crippen MR) is 83.2 cm³/mol. The third-order valence-corrected chi connectivity index (χ3v) is 3.26. The number of rotatable bonds is 3. The van der Waals surface area contributed by atoms with Crippen LogP contribution in [0, 0.1) is 4.77 Å². The second-order valence-corrected chi connectivity index (χ2v) is 4.94. The van der Waals surface area contributed by atoms with Gasteiger partial charge in [0.2, 0.25) is 5.88 Å². The minimum atomic E-state index is -0.414. The maximum atomic E-state index is 11.8. The van der Waals surface area contributed by atoms with Crippen molar-refractivity contribution in [3.63, 3.8) is 0 Å². The first kappa shape index (κ1) is 14.6. The number of hydrogen-bond donors (Lipinski definition) is 2. The monoisotopic (exact) mass is 308 g/mol. The van der Waals surface area contributed by atoms with Crippen molar-refractivity contribution in [1.29, 1.82) is 0 Å². The van der Waals surface area contributed by atoms with Crippen LogP contribution in [0.4, 0.5) is 0 Å². The smallest absolute Gasteiger partial charge is 0.262 e. The van der Waals surface area contributed by atoms with E-state index in [1.54, 1.807) is 36.4 Å². The number of nitrogens with zero attached hydrogens (tertiary/aromatic N) is 1. The summed E-state index contributed by atoms with van der Waals surface area (Å²) in [5.74, 6) is -0.189. The van der Waals surface area contributed by atoms with E-state index < -0.39 is 5.56 Å². The number of H-pyrrole nitrogens is 1. The zero-order valence-electron chi connectivity index (χ0n) is 10.8. The average Bonchev–Trinajstić information content (AvgIpc) is 2.40. The highest BCUT2D eigenvalue weighted by Crippen LogP contribution is 2.21. The summed E-state index contributed by atoms with van der Waals surface area (Å²) in [5, 5.41) is 10.9. The molecule has 2 rings (SSSR count). The lowest BCUT2D eigenvalue weighted by molar-refractivity contribution is 0.432. The fraction of sp³-hybridized carbons (Fsp3) is 0.143. The first-order valence-corrected chi connectivity index (χ1v) is 6.84. The quantitative estimate of drug-likeness (QED) is 0.850. The molecule has 6 heteroatoms. The third-order valence-electron chi connectivity index (χ3n) is 2.73. The van der Waals surface area contributed by atoms with E-state index in [1.807, 2.05) is 6.92 Å². The number of hydrogen-bond acceptors (Lipinski definition) is 3. The predicted octanol–water partition coefficient (Wildman–Crippen LogP) is 3.68. The van der Waals surface area contributed by atoms with Gasteiger partial charge in [0.15, 0.2) is 4.77 Å². The van der Waals surface area contributed by atoms with E-state index in [4.69, 9.17) is 23.8 Å². The van der Waals surface area contributed by atoms with Crippen molar-refractivity contribution in [2.75, 3.05) is 0 Å². The summed E-state index contributed by atoms with van der Waals surface area (Å²) in [4.78, 5) is 14.4. The van der Waals surface area contributed by atoms with E-state index in [-0.39, 0.29) is 16.2 Å². The molecule has 0 spiro atoms. The van der Waals surface area contributed by atoms with Gasteiger partial charge in [-0.25, -0.2) is 0 Å². The van der Waals surface area contributed by atoms with Crippen LogP contribution in [-0.2, 0) is 0 Å². The summed E-state index contributed by atoms with van der Waals surface area (Å²) in [6.07, 6.45) is 4.13. The molecule has 0 atom stereocenters. The summed E-state index contributed by atoms with van der Waals surface area (Å²) in [5.41, 5.74) is 0.386. The first-order chi connectivity index (χ1) is 9.54. The van der Waals surface area contributed by atoms with Gasteiger partial charge in [-0.3, -0.25) is 14.3 Å². The molecule has 0 aliphatic rings. The Kier molecular flexibility index (Phi) is 4.42. The van der Waals surface area contributed by atoms with Crippen LogP contribution < -0.4 is 5.56 Å². The fourth-order valence-electron chi connectivity index (χ4n) is 1.75. The van der Waals surface area contributed by atoms with Crippen LogP contribution in [-0.4, -0.2) is 14.7 Å². The SMILES string of the molecule is CCC=Cc1c(O)n(-c2ccc(Cl)cc2)c(=S)[nH]c1=O. The summed E-state index contributed by atoms with van der Waals surface area (Å²) in [7, 11) is 0. The van der Waals surface area contributed by atoms with E-state index in [9.17, 15) is 9.90 Å². The number of aromatic hydroxyl groups is 1. The van der Waals surface area contributed by atoms with Crippen molar-refractivity contribution >= 4 is 29.9 Å².